The van der Waals surface area contributed by atoms with E-state index in [4.69, 9.17) is 0 Å². The Morgan fingerprint density at radius 2 is 1.56 bits per heavy atom. The van der Waals surface area contributed by atoms with Crippen LogP contribution in [0, 0.1) is 0 Å². The second-order valence-corrected chi connectivity index (χ2v) is 7.04. The van der Waals surface area contributed by atoms with Crippen molar-refractivity contribution in [3.8, 4) is 11.1 Å². The molecule has 0 bridgehead atoms. The molecule has 0 heterocycles. The summed E-state index contributed by atoms with van der Waals surface area (Å²) in [6, 6.07) is 13.6. The zero-order chi connectivity index (χ0) is 19.0. The van der Waals surface area contributed by atoms with Crippen LogP contribution in [0.3, 0.4) is 0 Å². The molecule has 0 heteroatoms. The summed E-state index contributed by atoms with van der Waals surface area (Å²) < 4.78 is 0. The molecule has 27 heavy (non-hydrogen) atoms. The number of hydrogen-bond acceptors (Lipinski definition) is 0. The van der Waals surface area contributed by atoms with Crippen molar-refractivity contribution in [1.29, 1.82) is 0 Å². The van der Waals surface area contributed by atoms with Gasteiger partial charge >= 0.3 is 0 Å². The Kier molecular flexibility index (Phi) is 4.41. The average Bonchev–Trinajstić information content (AvgIpc) is 3.06. The maximum atomic E-state index is 4.05. The monoisotopic (exact) mass is 348 g/mol. The summed E-state index contributed by atoms with van der Waals surface area (Å²) in [4.78, 5) is 0. The predicted octanol–water partition coefficient (Wildman–Crippen LogP) is 7.76. The Bertz CT molecular complexity index is 1120. The van der Waals surface area contributed by atoms with E-state index in [1.807, 2.05) is 18.2 Å². The lowest BCUT2D eigenvalue weighted by molar-refractivity contribution is 1.23. The molecular formula is C27H24. The minimum Gasteiger partial charge on any atom is -0.0984 e. The first kappa shape index (κ1) is 17.3. The first-order valence-electron chi connectivity index (χ1n) is 9.51. The van der Waals surface area contributed by atoms with Gasteiger partial charge in [0.2, 0.25) is 0 Å². The fourth-order valence-electron chi connectivity index (χ4n) is 4.13. The smallest absolute Gasteiger partial charge is 0.00130 e. The summed E-state index contributed by atoms with van der Waals surface area (Å²) in [7, 11) is 0. The van der Waals surface area contributed by atoms with E-state index in [0.29, 0.717) is 0 Å². The molecule has 0 saturated heterocycles. The van der Waals surface area contributed by atoms with E-state index in [2.05, 4.69) is 75.2 Å². The highest BCUT2D eigenvalue weighted by Crippen LogP contribution is 2.43. The molecule has 0 saturated carbocycles. The summed E-state index contributed by atoms with van der Waals surface area (Å²) in [5.74, 6) is 0. The van der Waals surface area contributed by atoms with Crippen LogP contribution in [0.25, 0.3) is 46.2 Å². The fraction of sp³-hybridized carbons (Fsp3) is 0.111. The molecule has 0 atom stereocenters. The van der Waals surface area contributed by atoms with E-state index in [-0.39, 0.29) is 0 Å². The van der Waals surface area contributed by atoms with Crippen LogP contribution in [0.5, 0.6) is 0 Å². The standard InChI is InChI=1S/C27H24/c1-5-9-10-20-14-22-16-24-15-21-12-11-18(6-2)25(8-4)27(21)26(24)17-23(22)13-19(20)7-3/h6-14,16-17H,2-5,15H2,1H3/b10-9-. The lowest BCUT2D eigenvalue weighted by Gasteiger charge is -2.11. The molecule has 1 aliphatic carbocycles. The van der Waals surface area contributed by atoms with Crippen LogP contribution in [0.4, 0.5) is 0 Å². The first-order valence-corrected chi connectivity index (χ1v) is 9.51. The van der Waals surface area contributed by atoms with Crippen molar-refractivity contribution >= 4 is 35.1 Å². The zero-order valence-corrected chi connectivity index (χ0v) is 15.9. The van der Waals surface area contributed by atoms with Gasteiger partial charge in [0.25, 0.3) is 0 Å². The van der Waals surface area contributed by atoms with E-state index in [0.717, 1.165) is 18.4 Å². The summed E-state index contributed by atoms with van der Waals surface area (Å²) >= 11 is 0. The van der Waals surface area contributed by atoms with Gasteiger partial charge in [-0.1, -0.05) is 75.2 Å². The molecule has 0 N–H and O–H groups in total. The van der Waals surface area contributed by atoms with E-state index >= 15 is 0 Å². The summed E-state index contributed by atoms with van der Waals surface area (Å²) in [5, 5.41) is 2.54. The first-order chi connectivity index (χ1) is 13.2. The van der Waals surface area contributed by atoms with Crippen molar-refractivity contribution in [3.05, 3.63) is 95.6 Å². The van der Waals surface area contributed by atoms with Gasteiger partial charge in [0.05, 0.1) is 0 Å². The van der Waals surface area contributed by atoms with Crippen LogP contribution in [0.1, 0.15) is 46.7 Å². The van der Waals surface area contributed by atoms with Crippen molar-refractivity contribution in [3.63, 3.8) is 0 Å². The van der Waals surface area contributed by atoms with E-state index < -0.39 is 0 Å². The molecular weight excluding hydrogens is 324 g/mol. The van der Waals surface area contributed by atoms with Gasteiger partial charge in [0, 0.05) is 0 Å². The van der Waals surface area contributed by atoms with E-state index in [1.165, 1.54) is 49.7 Å². The molecule has 0 nitrogen and oxygen atoms in total. The van der Waals surface area contributed by atoms with Crippen LogP contribution in [-0.2, 0) is 6.42 Å². The highest BCUT2D eigenvalue weighted by molar-refractivity contribution is 5.97. The Morgan fingerprint density at radius 3 is 2.26 bits per heavy atom. The second kappa shape index (κ2) is 6.89. The van der Waals surface area contributed by atoms with Crippen molar-refractivity contribution < 1.29 is 0 Å². The van der Waals surface area contributed by atoms with E-state index in [9.17, 15) is 0 Å². The van der Waals surface area contributed by atoms with Crippen molar-refractivity contribution in [2.45, 2.75) is 19.8 Å². The predicted molar refractivity (Wildman–Crippen MR) is 122 cm³/mol. The Hall–Kier alpha value is -3.12. The lowest BCUT2D eigenvalue weighted by Crippen LogP contribution is -1.89. The SMILES string of the molecule is C=Cc1cc2cc3c(cc2cc1/C=C\CC)Cc1ccc(C=C)c(C=C)c1-3. The summed E-state index contributed by atoms with van der Waals surface area (Å²) in [6.07, 6.45) is 12.2. The molecule has 0 aromatic heterocycles. The Balaban J connectivity index is 1.97. The highest BCUT2D eigenvalue weighted by atomic mass is 14.3. The van der Waals surface area contributed by atoms with Gasteiger partial charge in [-0.15, -0.1) is 0 Å². The van der Waals surface area contributed by atoms with Crippen molar-refractivity contribution in [2.75, 3.05) is 0 Å². The largest absolute Gasteiger partial charge is 0.0984 e. The van der Waals surface area contributed by atoms with E-state index in [1.54, 1.807) is 0 Å². The zero-order valence-electron chi connectivity index (χ0n) is 15.9. The van der Waals surface area contributed by atoms with Crippen LogP contribution in [-0.4, -0.2) is 0 Å². The molecule has 3 aromatic rings. The minimum absolute atomic E-state index is 0.974. The third-order valence-corrected chi connectivity index (χ3v) is 5.46. The maximum absolute atomic E-state index is 4.05. The highest BCUT2D eigenvalue weighted by Gasteiger charge is 2.22. The number of fused-ring (bicyclic) bond motifs is 4. The van der Waals surface area contributed by atoms with Crippen LogP contribution in [0.2, 0.25) is 0 Å². The lowest BCUT2D eigenvalue weighted by atomic mass is 9.92. The second-order valence-electron chi connectivity index (χ2n) is 7.04. The molecule has 1 aliphatic rings. The van der Waals surface area contributed by atoms with Gasteiger partial charge in [0.15, 0.2) is 0 Å². The molecule has 0 amide bonds. The van der Waals surface area contributed by atoms with Gasteiger partial charge in [-0.05, 0) is 86.3 Å². The third kappa shape index (κ3) is 2.78. The molecule has 132 valence electrons. The number of benzene rings is 3. The number of allylic oxidation sites excluding steroid dienone is 1. The molecule has 0 spiro atoms. The van der Waals surface area contributed by atoms with Gasteiger partial charge in [-0.25, -0.2) is 0 Å². The molecule has 0 radical (unpaired) electrons. The topological polar surface area (TPSA) is 0 Å². The summed E-state index contributed by atoms with van der Waals surface area (Å²) in [5.41, 5.74) is 10.1. The minimum atomic E-state index is 0.974. The number of rotatable bonds is 5. The fourth-order valence-corrected chi connectivity index (χ4v) is 4.13. The molecule has 0 fully saturated rings. The van der Waals surface area contributed by atoms with Crippen LogP contribution in [0.15, 0.2) is 62.2 Å². The Labute approximate surface area is 161 Å². The molecule has 4 rings (SSSR count). The maximum Gasteiger partial charge on any atom is -0.00130 e. The number of hydrogen-bond donors (Lipinski definition) is 0. The van der Waals surface area contributed by atoms with Crippen molar-refractivity contribution in [1.82, 2.24) is 0 Å². The normalized spacial score (nSPS) is 12.2. The third-order valence-electron chi connectivity index (χ3n) is 5.46. The van der Waals surface area contributed by atoms with Gasteiger partial charge in [-0.2, -0.15) is 0 Å². The summed E-state index contributed by atoms with van der Waals surface area (Å²) in [6.45, 7) is 14.2. The van der Waals surface area contributed by atoms with Crippen LogP contribution >= 0.6 is 0 Å². The molecule has 0 unspecified atom stereocenters. The van der Waals surface area contributed by atoms with Gasteiger partial charge < -0.3 is 0 Å². The van der Waals surface area contributed by atoms with Crippen LogP contribution < -0.4 is 0 Å². The van der Waals surface area contributed by atoms with Gasteiger partial charge in [-0.3, -0.25) is 0 Å². The van der Waals surface area contributed by atoms with Gasteiger partial charge in [0.1, 0.15) is 0 Å². The Morgan fingerprint density at radius 1 is 0.815 bits per heavy atom. The van der Waals surface area contributed by atoms with Crippen molar-refractivity contribution in [2.24, 2.45) is 0 Å². The molecule has 0 aliphatic heterocycles. The molecule has 3 aromatic carbocycles. The average molecular weight is 348 g/mol. The quantitative estimate of drug-likeness (QED) is 0.345.